The van der Waals surface area contributed by atoms with E-state index in [1.807, 2.05) is 0 Å². The Balaban J connectivity index is -0.0000000858. The van der Waals surface area contributed by atoms with Crippen LogP contribution in [0.15, 0.2) is 37.5 Å². The Kier molecular flexibility index (Phi) is 40.3. The molecule has 1 aliphatic carbocycles. The highest BCUT2D eigenvalue weighted by Crippen LogP contribution is 2.07. The molecule has 1 rings (SSSR count). The fourth-order valence-electron chi connectivity index (χ4n) is 0.760. The molecule has 0 amide bonds. The molecule has 0 radical (unpaired) electrons. The van der Waals surface area contributed by atoms with Gasteiger partial charge in [0.25, 0.3) is 0 Å². The van der Waals surface area contributed by atoms with Gasteiger partial charge >= 0.3 is 11.9 Å². The molecule has 0 aliphatic heterocycles. The molecule has 6 heteroatoms. The third-order valence-corrected chi connectivity index (χ3v) is 1.51. The molecule has 20 heavy (non-hydrogen) atoms. The minimum absolute atomic E-state index is 0.833. The zero-order chi connectivity index (χ0) is 16.8. The summed E-state index contributed by atoms with van der Waals surface area (Å²) in [4.78, 5) is 18.5. The molecule has 0 saturated heterocycles. The van der Waals surface area contributed by atoms with Crippen molar-refractivity contribution in [2.45, 2.75) is 25.7 Å². The van der Waals surface area contributed by atoms with Crippen molar-refractivity contribution in [2.75, 3.05) is 14.2 Å². The van der Waals surface area contributed by atoms with Gasteiger partial charge in [-0.3, -0.25) is 0 Å². The van der Waals surface area contributed by atoms with E-state index in [2.05, 4.69) is 25.3 Å². The highest BCUT2D eigenvalue weighted by Gasteiger charge is 1.87. The first-order chi connectivity index (χ1) is 9.54. The summed E-state index contributed by atoms with van der Waals surface area (Å²) >= 11 is 0. The Morgan fingerprint density at radius 1 is 0.850 bits per heavy atom. The van der Waals surface area contributed by atoms with E-state index in [1.54, 1.807) is 0 Å². The van der Waals surface area contributed by atoms with E-state index >= 15 is 0 Å². The van der Waals surface area contributed by atoms with Crippen molar-refractivity contribution in [1.82, 2.24) is 0 Å². The summed E-state index contributed by atoms with van der Waals surface area (Å²) in [6, 6.07) is 0. The standard InChI is InChI=1S/C6H10.2C3H4O2.2CH4O/c1-2-4-6-5-3-1;2*1-2-3(4)5;2*1-2/h1-2H,3-6H2;2*2H,1H2,(H,4,5);2*2H,1H3. The van der Waals surface area contributed by atoms with Crippen molar-refractivity contribution in [3.05, 3.63) is 37.5 Å². The van der Waals surface area contributed by atoms with Crippen LogP contribution in [0.1, 0.15) is 25.7 Å². The summed E-state index contributed by atoms with van der Waals surface area (Å²) in [5.41, 5.74) is 0. The lowest BCUT2D eigenvalue weighted by molar-refractivity contribution is -0.132. The van der Waals surface area contributed by atoms with Gasteiger partial charge < -0.3 is 20.4 Å². The van der Waals surface area contributed by atoms with Gasteiger partial charge in [-0.05, 0) is 25.7 Å². The summed E-state index contributed by atoms with van der Waals surface area (Å²) in [6.45, 7) is 5.92. The summed E-state index contributed by atoms with van der Waals surface area (Å²) in [5, 5.41) is 29.2. The Hall–Kier alpha value is -1.92. The van der Waals surface area contributed by atoms with Crippen LogP contribution in [-0.2, 0) is 9.59 Å². The van der Waals surface area contributed by atoms with Crippen LogP contribution < -0.4 is 0 Å². The largest absolute Gasteiger partial charge is 0.478 e. The van der Waals surface area contributed by atoms with Gasteiger partial charge in [-0.1, -0.05) is 25.3 Å². The molecule has 0 bridgehead atoms. The van der Waals surface area contributed by atoms with E-state index in [1.165, 1.54) is 25.7 Å². The molecule has 4 N–H and O–H groups in total. The van der Waals surface area contributed by atoms with Gasteiger partial charge in [0.15, 0.2) is 0 Å². The highest BCUT2D eigenvalue weighted by molar-refractivity contribution is 5.79. The molecule has 0 aromatic rings. The van der Waals surface area contributed by atoms with Crippen LogP contribution in [0.2, 0.25) is 0 Å². The maximum Gasteiger partial charge on any atom is 0.327 e. The highest BCUT2D eigenvalue weighted by atomic mass is 16.4. The van der Waals surface area contributed by atoms with Gasteiger partial charge in [-0.25, -0.2) is 9.59 Å². The molecule has 0 aromatic heterocycles. The fourth-order valence-corrected chi connectivity index (χ4v) is 0.760. The lowest BCUT2D eigenvalue weighted by Crippen LogP contribution is -1.82. The number of aliphatic hydroxyl groups is 2. The summed E-state index contributed by atoms with van der Waals surface area (Å²) in [5.74, 6) is -1.96. The van der Waals surface area contributed by atoms with Gasteiger partial charge in [0.1, 0.15) is 0 Å². The molecule has 0 saturated carbocycles. The first-order valence-corrected chi connectivity index (χ1v) is 5.79. The van der Waals surface area contributed by atoms with Crippen LogP contribution in [-0.4, -0.2) is 46.6 Å². The molecule has 1 aliphatic rings. The second-order valence-corrected chi connectivity index (χ2v) is 2.84. The monoisotopic (exact) mass is 290 g/mol. The van der Waals surface area contributed by atoms with Crippen LogP contribution in [0, 0.1) is 0 Å². The average Bonchev–Trinajstić information content (AvgIpc) is 2.54. The smallest absolute Gasteiger partial charge is 0.327 e. The molecule has 0 unspecified atom stereocenters. The van der Waals surface area contributed by atoms with Crippen molar-refractivity contribution in [2.24, 2.45) is 0 Å². The number of hydrogen-bond acceptors (Lipinski definition) is 4. The summed E-state index contributed by atoms with van der Waals surface area (Å²) in [6.07, 6.45) is 11.7. The van der Waals surface area contributed by atoms with Gasteiger partial charge in [0.2, 0.25) is 0 Å². The van der Waals surface area contributed by atoms with Crippen LogP contribution in [0.25, 0.3) is 0 Å². The van der Waals surface area contributed by atoms with Crippen molar-refractivity contribution in [3.63, 3.8) is 0 Å². The van der Waals surface area contributed by atoms with E-state index in [0.29, 0.717) is 0 Å². The quantitative estimate of drug-likeness (QED) is 0.455. The van der Waals surface area contributed by atoms with E-state index in [4.69, 9.17) is 20.4 Å². The average molecular weight is 290 g/mol. The lowest BCUT2D eigenvalue weighted by atomic mass is 10.1. The van der Waals surface area contributed by atoms with Crippen molar-refractivity contribution in [1.29, 1.82) is 0 Å². The zero-order valence-corrected chi connectivity index (χ0v) is 12.2. The first kappa shape index (κ1) is 26.6. The summed E-state index contributed by atoms with van der Waals surface area (Å²) in [7, 11) is 2.00. The predicted octanol–water partition coefficient (Wildman–Crippen LogP) is 1.85. The molecule has 0 fully saturated rings. The van der Waals surface area contributed by atoms with Crippen LogP contribution in [0.4, 0.5) is 0 Å². The maximum absolute atomic E-state index is 9.25. The molecule has 0 atom stereocenters. The van der Waals surface area contributed by atoms with E-state index in [-0.39, 0.29) is 0 Å². The van der Waals surface area contributed by atoms with Gasteiger partial charge in [-0.15, -0.1) is 0 Å². The second-order valence-electron chi connectivity index (χ2n) is 2.84. The fraction of sp³-hybridized carbons (Fsp3) is 0.429. The Bertz CT molecular complexity index is 232. The number of aliphatic carboxylic acids is 2. The van der Waals surface area contributed by atoms with Crippen molar-refractivity contribution in [3.8, 4) is 0 Å². The minimum atomic E-state index is -0.981. The Morgan fingerprint density at radius 2 is 1.05 bits per heavy atom. The van der Waals surface area contributed by atoms with Crippen molar-refractivity contribution >= 4 is 11.9 Å². The number of rotatable bonds is 2. The molecular formula is C14H26O6. The lowest BCUT2D eigenvalue weighted by Gasteiger charge is -1.97. The molecule has 0 aromatic carbocycles. The van der Waals surface area contributed by atoms with E-state index in [9.17, 15) is 9.59 Å². The molecule has 118 valence electrons. The van der Waals surface area contributed by atoms with Crippen molar-refractivity contribution < 1.29 is 30.0 Å². The minimum Gasteiger partial charge on any atom is -0.478 e. The third kappa shape index (κ3) is 56.0. The zero-order valence-electron chi connectivity index (χ0n) is 12.2. The number of allylic oxidation sites excluding steroid dienone is 2. The Labute approximate surface area is 120 Å². The second kappa shape index (κ2) is 30.3. The normalized spacial score (nSPS) is 10.2. The molecule has 0 spiro atoms. The molecule has 6 nitrogen and oxygen atoms in total. The first-order valence-electron chi connectivity index (χ1n) is 5.79. The van der Waals surface area contributed by atoms with Crippen LogP contribution in [0.5, 0.6) is 0 Å². The van der Waals surface area contributed by atoms with Gasteiger partial charge in [0.05, 0.1) is 0 Å². The van der Waals surface area contributed by atoms with Gasteiger partial charge in [-0.2, -0.15) is 0 Å². The van der Waals surface area contributed by atoms with Gasteiger partial charge in [0, 0.05) is 26.4 Å². The third-order valence-electron chi connectivity index (χ3n) is 1.51. The number of hydrogen-bond donors (Lipinski definition) is 4. The predicted molar refractivity (Wildman–Crippen MR) is 79.6 cm³/mol. The molecule has 0 heterocycles. The number of aliphatic hydroxyl groups excluding tert-OH is 2. The number of carboxylic acid groups (broad SMARTS) is 2. The molecular weight excluding hydrogens is 264 g/mol. The van der Waals surface area contributed by atoms with E-state index in [0.717, 1.165) is 26.4 Å². The van der Waals surface area contributed by atoms with E-state index < -0.39 is 11.9 Å². The Morgan fingerprint density at radius 3 is 1.10 bits per heavy atom. The van der Waals surface area contributed by atoms with Crippen LogP contribution in [0.3, 0.4) is 0 Å². The van der Waals surface area contributed by atoms with Crippen LogP contribution >= 0.6 is 0 Å². The topological polar surface area (TPSA) is 115 Å². The maximum atomic E-state index is 9.25. The number of carboxylic acids is 2. The SMILES string of the molecule is C1=CCCCC1.C=CC(=O)O.C=CC(=O)O.CO.CO. The summed E-state index contributed by atoms with van der Waals surface area (Å²) < 4.78 is 0. The number of carbonyl (C=O) groups is 2.